The van der Waals surface area contributed by atoms with E-state index >= 15 is 0 Å². The predicted octanol–water partition coefficient (Wildman–Crippen LogP) is 2.06. The van der Waals surface area contributed by atoms with Gasteiger partial charge in [0.15, 0.2) is 0 Å². The quantitative estimate of drug-likeness (QED) is 0.833. The van der Waals surface area contributed by atoms with Crippen LogP contribution in [-0.4, -0.2) is 42.5 Å². The van der Waals surface area contributed by atoms with Crippen molar-refractivity contribution in [3.05, 3.63) is 0 Å². The third-order valence-electron chi connectivity index (χ3n) is 4.85. The zero-order valence-corrected chi connectivity index (χ0v) is 13.5. The van der Waals surface area contributed by atoms with Crippen molar-refractivity contribution in [2.24, 2.45) is 11.8 Å². The maximum Gasteiger partial charge on any atom is 0.407 e. The first-order valence-corrected chi connectivity index (χ1v) is 8.22. The maximum atomic E-state index is 12.0. The lowest BCUT2D eigenvalue weighted by molar-refractivity contribution is -0.0378. The molecule has 2 saturated carbocycles. The fourth-order valence-electron chi connectivity index (χ4n) is 3.58. The maximum absolute atomic E-state index is 12.0. The Morgan fingerprint density at radius 1 is 1.24 bits per heavy atom. The lowest BCUT2D eigenvalue weighted by Crippen LogP contribution is -2.71. The van der Waals surface area contributed by atoms with Gasteiger partial charge in [-0.25, -0.2) is 4.79 Å². The van der Waals surface area contributed by atoms with E-state index in [1.165, 1.54) is 12.8 Å². The van der Waals surface area contributed by atoms with Gasteiger partial charge >= 0.3 is 6.09 Å². The summed E-state index contributed by atoms with van der Waals surface area (Å²) in [7, 11) is 0. The van der Waals surface area contributed by atoms with Gasteiger partial charge in [-0.1, -0.05) is 0 Å². The van der Waals surface area contributed by atoms with Gasteiger partial charge in [-0.05, 0) is 52.9 Å². The van der Waals surface area contributed by atoms with E-state index in [0.717, 1.165) is 18.9 Å². The summed E-state index contributed by atoms with van der Waals surface area (Å²) in [5, 5.41) is 6.73. The molecule has 5 heteroatoms. The first kappa shape index (κ1) is 15.1. The number of alkyl carbamates (subject to hydrolysis) is 1. The van der Waals surface area contributed by atoms with Crippen molar-refractivity contribution < 1.29 is 14.3 Å². The Balaban J connectivity index is 1.57. The highest BCUT2D eigenvalue weighted by molar-refractivity contribution is 5.68. The van der Waals surface area contributed by atoms with Gasteiger partial charge in [0, 0.05) is 18.6 Å². The summed E-state index contributed by atoms with van der Waals surface area (Å²) in [6.07, 6.45) is 3.61. The molecule has 3 rings (SSSR count). The van der Waals surface area contributed by atoms with Gasteiger partial charge in [-0.3, -0.25) is 0 Å². The molecule has 1 amide bonds. The fraction of sp³-hybridized carbons (Fsp3) is 0.938. The number of carbonyl (C=O) groups is 1. The molecule has 5 atom stereocenters. The standard InChI is InChI=1S/C16H28N2O3/c1-9(10-5-6-10)17-13-12(11-7-8-20-14(11)13)18-15(19)21-16(2,3)4/h9-14,17H,5-8H2,1-4H3,(H,18,19). The van der Waals surface area contributed by atoms with Gasteiger partial charge in [0.2, 0.25) is 0 Å². The summed E-state index contributed by atoms with van der Waals surface area (Å²) < 4.78 is 11.2. The third-order valence-corrected chi connectivity index (χ3v) is 4.85. The van der Waals surface area contributed by atoms with Crippen LogP contribution in [0.25, 0.3) is 0 Å². The second-order valence-electron chi connectivity index (χ2n) is 7.78. The first-order valence-electron chi connectivity index (χ1n) is 8.22. The van der Waals surface area contributed by atoms with Crippen molar-refractivity contribution in [3.8, 4) is 0 Å². The molecule has 120 valence electrons. The minimum Gasteiger partial charge on any atom is -0.444 e. The molecule has 0 radical (unpaired) electrons. The minimum atomic E-state index is -0.455. The molecule has 5 nitrogen and oxygen atoms in total. The molecule has 0 aromatic heterocycles. The molecule has 1 heterocycles. The lowest BCUT2D eigenvalue weighted by Gasteiger charge is -2.49. The fourth-order valence-corrected chi connectivity index (χ4v) is 3.58. The van der Waals surface area contributed by atoms with Gasteiger partial charge in [-0.2, -0.15) is 0 Å². The van der Waals surface area contributed by atoms with Crippen LogP contribution in [0.3, 0.4) is 0 Å². The highest BCUT2D eigenvalue weighted by Crippen LogP contribution is 2.41. The molecule has 0 bridgehead atoms. The van der Waals surface area contributed by atoms with Crippen molar-refractivity contribution in [2.45, 2.75) is 76.8 Å². The van der Waals surface area contributed by atoms with Crippen LogP contribution in [-0.2, 0) is 9.47 Å². The second kappa shape index (κ2) is 5.43. The zero-order chi connectivity index (χ0) is 15.2. The van der Waals surface area contributed by atoms with Crippen LogP contribution in [0.5, 0.6) is 0 Å². The molecule has 0 aromatic carbocycles. The van der Waals surface area contributed by atoms with E-state index in [1.807, 2.05) is 20.8 Å². The normalized spacial score (nSPS) is 36.6. The topological polar surface area (TPSA) is 59.6 Å². The van der Waals surface area contributed by atoms with Crippen LogP contribution in [0.1, 0.15) is 47.0 Å². The molecular weight excluding hydrogens is 268 g/mol. The van der Waals surface area contributed by atoms with Crippen LogP contribution >= 0.6 is 0 Å². The average molecular weight is 296 g/mol. The van der Waals surface area contributed by atoms with E-state index in [9.17, 15) is 4.79 Å². The number of carbonyl (C=O) groups excluding carboxylic acids is 1. The van der Waals surface area contributed by atoms with Crippen LogP contribution in [0.15, 0.2) is 0 Å². The van der Waals surface area contributed by atoms with Gasteiger partial charge < -0.3 is 20.1 Å². The highest BCUT2D eigenvalue weighted by atomic mass is 16.6. The summed E-state index contributed by atoms with van der Waals surface area (Å²) >= 11 is 0. The number of hydrogen-bond donors (Lipinski definition) is 2. The van der Waals surface area contributed by atoms with E-state index in [4.69, 9.17) is 9.47 Å². The molecule has 1 saturated heterocycles. The largest absolute Gasteiger partial charge is 0.444 e. The number of nitrogens with one attached hydrogen (secondary N) is 2. The Hall–Kier alpha value is -0.810. The minimum absolute atomic E-state index is 0.133. The molecule has 3 fully saturated rings. The van der Waals surface area contributed by atoms with E-state index < -0.39 is 5.60 Å². The van der Waals surface area contributed by atoms with Gasteiger partial charge in [0.1, 0.15) is 5.60 Å². The van der Waals surface area contributed by atoms with Crippen LogP contribution in [0, 0.1) is 11.8 Å². The molecule has 3 aliphatic rings. The number of rotatable bonds is 4. The monoisotopic (exact) mass is 296 g/mol. The summed E-state index contributed by atoms with van der Waals surface area (Å²) in [5.74, 6) is 1.23. The number of amides is 1. The van der Waals surface area contributed by atoms with Gasteiger partial charge in [0.05, 0.1) is 18.2 Å². The molecule has 2 aliphatic carbocycles. The summed E-state index contributed by atoms with van der Waals surface area (Å²) in [6, 6.07) is 0.859. The summed E-state index contributed by atoms with van der Waals surface area (Å²) in [4.78, 5) is 12.0. The smallest absolute Gasteiger partial charge is 0.407 e. The lowest BCUT2D eigenvalue weighted by atomic mass is 9.71. The Bertz CT molecular complexity index is 403. The van der Waals surface area contributed by atoms with Crippen LogP contribution < -0.4 is 10.6 Å². The Morgan fingerprint density at radius 3 is 2.57 bits per heavy atom. The molecule has 2 N–H and O–H groups in total. The number of ether oxygens (including phenoxy) is 2. The van der Waals surface area contributed by atoms with E-state index in [0.29, 0.717) is 12.0 Å². The molecule has 1 aliphatic heterocycles. The van der Waals surface area contributed by atoms with Gasteiger partial charge in [-0.15, -0.1) is 0 Å². The van der Waals surface area contributed by atoms with Crippen molar-refractivity contribution in [1.29, 1.82) is 0 Å². The Morgan fingerprint density at radius 2 is 1.95 bits per heavy atom. The van der Waals surface area contributed by atoms with Crippen molar-refractivity contribution in [2.75, 3.05) is 6.61 Å². The van der Waals surface area contributed by atoms with E-state index in [2.05, 4.69) is 17.6 Å². The zero-order valence-electron chi connectivity index (χ0n) is 13.5. The molecular formula is C16H28N2O3. The van der Waals surface area contributed by atoms with Crippen LogP contribution in [0.2, 0.25) is 0 Å². The third kappa shape index (κ3) is 3.34. The number of hydrogen-bond acceptors (Lipinski definition) is 4. The molecule has 21 heavy (non-hydrogen) atoms. The molecule has 5 unspecified atom stereocenters. The van der Waals surface area contributed by atoms with E-state index in [-0.39, 0.29) is 24.3 Å². The average Bonchev–Trinajstić information content (AvgIpc) is 3.11. The van der Waals surface area contributed by atoms with Crippen LogP contribution in [0.4, 0.5) is 4.79 Å². The Kier molecular flexibility index (Phi) is 3.91. The molecule has 0 spiro atoms. The SMILES string of the molecule is CC(NC1C(NC(=O)OC(C)(C)C)C2CCOC21)C1CC1. The van der Waals surface area contributed by atoms with Crippen molar-refractivity contribution in [1.82, 2.24) is 10.6 Å². The predicted molar refractivity (Wildman–Crippen MR) is 80.1 cm³/mol. The van der Waals surface area contributed by atoms with Gasteiger partial charge in [0.25, 0.3) is 0 Å². The highest BCUT2D eigenvalue weighted by Gasteiger charge is 2.55. The Labute approximate surface area is 127 Å². The van der Waals surface area contributed by atoms with Crippen molar-refractivity contribution >= 4 is 6.09 Å². The van der Waals surface area contributed by atoms with Crippen molar-refractivity contribution in [3.63, 3.8) is 0 Å². The number of fused-ring (bicyclic) bond motifs is 1. The summed E-state index contributed by atoms with van der Waals surface area (Å²) in [5.41, 5.74) is -0.455. The van der Waals surface area contributed by atoms with E-state index in [1.54, 1.807) is 0 Å². The summed E-state index contributed by atoms with van der Waals surface area (Å²) in [6.45, 7) is 8.71. The first-order chi connectivity index (χ1) is 9.85. The second-order valence-corrected chi connectivity index (χ2v) is 7.78. The molecule has 0 aromatic rings.